The van der Waals surface area contributed by atoms with Crippen LogP contribution in [0.1, 0.15) is 16.1 Å². The van der Waals surface area contributed by atoms with Crippen LogP contribution < -0.4 is 10.5 Å². The number of carbonyl (C=O) groups is 1. The number of nitrogens with one attached hydrogen (secondary N) is 1. The standard InChI is InChI=1S/C17H15N3O4S/c18-25(22,23)11-12-6-8-14(9-7-12)19-17(21)16-10-15(20-24-16)13-4-2-1-3-5-13/h1-10H,11H2,(H,19,21)(H2,18,22,23). The van der Waals surface area contributed by atoms with E-state index in [0.717, 1.165) is 5.56 Å². The SMILES string of the molecule is NS(=O)(=O)Cc1ccc(NC(=O)c2cc(-c3ccccc3)no2)cc1. The van der Waals surface area contributed by atoms with E-state index in [9.17, 15) is 13.2 Å². The number of primary sulfonamides is 1. The highest BCUT2D eigenvalue weighted by atomic mass is 32.2. The van der Waals surface area contributed by atoms with E-state index in [2.05, 4.69) is 10.5 Å². The molecule has 0 aliphatic rings. The number of nitrogens with two attached hydrogens (primary N) is 1. The summed E-state index contributed by atoms with van der Waals surface area (Å²) in [6, 6.07) is 17.2. The quantitative estimate of drug-likeness (QED) is 0.727. The number of aromatic nitrogens is 1. The summed E-state index contributed by atoms with van der Waals surface area (Å²) in [7, 11) is -3.59. The molecule has 0 fully saturated rings. The van der Waals surface area contributed by atoms with Crippen molar-refractivity contribution >= 4 is 21.6 Å². The van der Waals surface area contributed by atoms with Gasteiger partial charge in [-0.05, 0) is 17.7 Å². The van der Waals surface area contributed by atoms with E-state index in [1.807, 2.05) is 30.3 Å². The molecule has 0 saturated carbocycles. The molecule has 0 atom stereocenters. The van der Waals surface area contributed by atoms with Gasteiger partial charge in [0.15, 0.2) is 0 Å². The fourth-order valence-corrected chi connectivity index (χ4v) is 2.89. The van der Waals surface area contributed by atoms with E-state index in [1.165, 1.54) is 0 Å². The second-order valence-corrected chi connectivity index (χ2v) is 7.02. The zero-order chi connectivity index (χ0) is 17.9. The molecular formula is C17H15N3O4S. The van der Waals surface area contributed by atoms with Crippen molar-refractivity contribution in [1.29, 1.82) is 0 Å². The summed E-state index contributed by atoms with van der Waals surface area (Å²) in [5.74, 6) is -0.634. The molecule has 0 bridgehead atoms. The highest BCUT2D eigenvalue weighted by molar-refractivity contribution is 7.88. The van der Waals surface area contributed by atoms with Gasteiger partial charge in [-0.2, -0.15) is 0 Å². The van der Waals surface area contributed by atoms with Crippen molar-refractivity contribution < 1.29 is 17.7 Å². The lowest BCUT2D eigenvalue weighted by atomic mass is 10.1. The van der Waals surface area contributed by atoms with Crippen LogP contribution >= 0.6 is 0 Å². The Morgan fingerprint density at radius 2 is 1.76 bits per heavy atom. The molecule has 1 aromatic heterocycles. The van der Waals surface area contributed by atoms with Crippen LogP contribution in [0.2, 0.25) is 0 Å². The summed E-state index contributed by atoms with van der Waals surface area (Å²) in [6.45, 7) is 0. The minimum Gasteiger partial charge on any atom is -0.350 e. The number of rotatable bonds is 5. The van der Waals surface area contributed by atoms with Crippen molar-refractivity contribution in [3.8, 4) is 11.3 Å². The first-order valence-corrected chi connectivity index (χ1v) is 9.05. The van der Waals surface area contributed by atoms with E-state index >= 15 is 0 Å². The Morgan fingerprint density at radius 1 is 1.08 bits per heavy atom. The molecule has 1 amide bonds. The Balaban J connectivity index is 1.69. The largest absolute Gasteiger partial charge is 0.350 e. The summed E-state index contributed by atoms with van der Waals surface area (Å²) in [5, 5.41) is 11.5. The maximum Gasteiger partial charge on any atom is 0.294 e. The van der Waals surface area contributed by atoms with Crippen LogP contribution in [0.15, 0.2) is 65.2 Å². The lowest BCUT2D eigenvalue weighted by Crippen LogP contribution is -2.14. The first-order chi connectivity index (χ1) is 11.9. The molecule has 0 radical (unpaired) electrons. The Bertz CT molecular complexity index is 980. The second kappa shape index (κ2) is 6.88. The highest BCUT2D eigenvalue weighted by Crippen LogP contribution is 2.19. The summed E-state index contributed by atoms with van der Waals surface area (Å²) in [5.41, 5.74) is 2.44. The van der Waals surface area contributed by atoms with E-state index in [4.69, 9.17) is 9.66 Å². The Morgan fingerprint density at radius 3 is 2.40 bits per heavy atom. The molecule has 0 unspecified atom stereocenters. The average Bonchev–Trinajstić information content (AvgIpc) is 3.06. The fraction of sp³-hybridized carbons (Fsp3) is 0.0588. The molecule has 3 rings (SSSR count). The van der Waals surface area contributed by atoms with Crippen LogP contribution in [0.25, 0.3) is 11.3 Å². The first kappa shape index (κ1) is 16.9. The topological polar surface area (TPSA) is 115 Å². The maximum absolute atomic E-state index is 12.2. The van der Waals surface area contributed by atoms with Gasteiger partial charge >= 0.3 is 0 Å². The second-order valence-electron chi connectivity index (χ2n) is 5.40. The number of nitrogens with zero attached hydrogens (tertiary/aromatic N) is 1. The minimum atomic E-state index is -3.59. The third-order valence-electron chi connectivity index (χ3n) is 3.38. The van der Waals surface area contributed by atoms with Crippen LogP contribution in [-0.2, 0) is 15.8 Å². The molecule has 25 heavy (non-hydrogen) atoms. The van der Waals surface area contributed by atoms with E-state index in [-0.39, 0.29) is 11.5 Å². The van der Waals surface area contributed by atoms with Gasteiger partial charge in [0, 0.05) is 17.3 Å². The van der Waals surface area contributed by atoms with Gasteiger partial charge < -0.3 is 9.84 Å². The Labute approximate surface area is 144 Å². The molecule has 1 heterocycles. The third kappa shape index (κ3) is 4.52. The number of anilines is 1. The molecule has 0 aliphatic carbocycles. The zero-order valence-corrected chi connectivity index (χ0v) is 13.9. The minimum absolute atomic E-state index is 0.0764. The summed E-state index contributed by atoms with van der Waals surface area (Å²) in [6.07, 6.45) is 0. The van der Waals surface area contributed by atoms with Gasteiger partial charge in [0.2, 0.25) is 15.8 Å². The van der Waals surface area contributed by atoms with Crippen molar-refractivity contribution in [3.63, 3.8) is 0 Å². The van der Waals surface area contributed by atoms with Gasteiger partial charge in [-0.1, -0.05) is 47.6 Å². The van der Waals surface area contributed by atoms with Crippen LogP contribution in [0, 0.1) is 0 Å². The maximum atomic E-state index is 12.2. The number of hydrogen-bond donors (Lipinski definition) is 2. The van der Waals surface area contributed by atoms with Crippen molar-refractivity contribution in [1.82, 2.24) is 5.16 Å². The van der Waals surface area contributed by atoms with Gasteiger partial charge in [-0.25, -0.2) is 13.6 Å². The van der Waals surface area contributed by atoms with Crippen LogP contribution in [0.3, 0.4) is 0 Å². The van der Waals surface area contributed by atoms with Crippen LogP contribution in [0.4, 0.5) is 5.69 Å². The molecule has 128 valence electrons. The highest BCUT2D eigenvalue weighted by Gasteiger charge is 2.14. The number of amides is 1. The zero-order valence-electron chi connectivity index (χ0n) is 13.0. The lowest BCUT2D eigenvalue weighted by Gasteiger charge is -2.04. The van der Waals surface area contributed by atoms with Crippen molar-refractivity contribution in [2.75, 3.05) is 5.32 Å². The summed E-state index contributed by atoms with van der Waals surface area (Å²) < 4.78 is 27.2. The molecule has 0 spiro atoms. The normalized spacial score (nSPS) is 11.2. The fourth-order valence-electron chi connectivity index (χ4n) is 2.24. The molecular weight excluding hydrogens is 342 g/mol. The lowest BCUT2D eigenvalue weighted by molar-refractivity contribution is 0.0988. The van der Waals surface area contributed by atoms with E-state index in [0.29, 0.717) is 16.9 Å². The number of sulfonamides is 1. The first-order valence-electron chi connectivity index (χ1n) is 7.34. The van der Waals surface area contributed by atoms with E-state index in [1.54, 1.807) is 30.3 Å². The summed E-state index contributed by atoms with van der Waals surface area (Å²) >= 11 is 0. The van der Waals surface area contributed by atoms with Crippen molar-refractivity contribution in [3.05, 3.63) is 72.0 Å². The molecule has 0 saturated heterocycles. The predicted molar refractivity (Wildman–Crippen MR) is 93.1 cm³/mol. The smallest absolute Gasteiger partial charge is 0.294 e. The molecule has 2 aromatic carbocycles. The van der Waals surface area contributed by atoms with Crippen molar-refractivity contribution in [2.24, 2.45) is 5.14 Å². The summed E-state index contributed by atoms with van der Waals surface area (Å²) in [4.78, 5) is 12.2. The predicted octanol–water partition coefficient (Wildman–Crippen LogP) is 2.38. The molecule has 3 N–H and O–H groups in total. The van der Waals surface area contributed by atoms with Crippen LogP contribution in [0.5, 0.6) is 0 Å². The van der Waals surface area contributed by atoms with E-state index < -0.39 is 15.9 Å². The molecule has 8 heteroatoms. The Kier molecular flexibility index (Phi) is 4.64. The molecule has 3 aromatic rings. The van der Waals surface area contributed by atoms with Gasteiger partial charge in [0.05, 0.1) is 5.75 Å². The van der Waals surface area contributed by atoms with Crippen LogP contribution in [-0.4, -0.2) is 19.5 Å². The van der Waals surface area contributed by atoms with Gasteiger partial charge in [-0.15, -0.1) is 0 Å². The molecule has 7 nitrogen and oxygen atoms in total. The number of carbonyl (C=O) groups excluding carboxylic acids is 1. The number of hydrogen-bond acceptors (Lipinski definition) is 5. The third-order valence-corrected chi connectivity index (χ3v) is 4.12. The average molecular weight is 357 g/mol. The number of benzene rings is 2. The van der Waals surface area contributed by atoms with Gasteiger partial charge in [0.25, 0.3) is 5.91 Å². The van der Waals surface area contributed by atoms with Gasteiger partial charge in [-0.3, -0.25) is 4.79 Å². The van der Waals surface area contributed by atoms with Gasteiger partial charge in [0.1, 0.15) is 5.69 Å². The monoisotopic (exact) mass is 357 g/mol. The van der Waals surface area contributed by atoms with Crippen molar-refractivity contribution in [2.45, 2.75) is 5.75 Å². The molecule has 0 aliphatic heterocycles. The Hall–Kier alpha value is -2.97.